The molecule has 1 aromatic heterocycles. The fourth-order valence-corrected chi connectivity index (χ4v) is 3.29. The van der Waals surface area contributed by atoms with Crippen molar-refractivity contribution in [3.63, 3.8) is 0 Å². The third-order valence-electron chi connectivity index (χ3n) is 4.46. The van der Waals surface area contributed by atoms with Crippen LogP contribution in [-0.2, 0) is 4.79 Å². The molecule has 1 aliphatic rings. The zero-order valence-electron chi connectivity index (χ0n) is 15.5. The van der Waals surface area contributed by atoms with Crippen molar-refractivity contribution in [2.24, 2.45) is 5.73 Å². The number of hydrogen-bond acceptors (Lipinski definition) is 4. The highest BCUT2D eigenvalue weighted by Crippen LogP contribution is 2.26. The van der Waals surface area contributed by atoms with Gasteiger partial charge in [0.05, 0.1) is 5.69 Å². The lowest BCUT2D eigenvalue weighted by Crippen LogP contribution is -2.18. The quantitative estimate of drug-likeness (QED) is 0.620. The number of hydrogen-bond donors (Lipinski definition) is 2. The molecule has 1 fully saturated rings. The Kier molecular flexibility index (Phi) is 6.87. The molecule has 0 unspecified atom stereocenters. The lowest BCUT2D eigenvalue weighted by Gasteiger charge is -2.17. The zero-order chi connectivity index (χ0) is 19.8. The fraction of sp³-hybridized carbons (Fsp3) is 0.182. The number of amides is 1. The molecule has 144 valence electrons. The molecule has 1 aliphatic heterocycles. The molecule has 2 heterocycles. The standard InChI is InChI=1S/C21H20ClN3.CH3NO/c22-17-9-11-18(12-10-17)23-19-6-3-5-16(15-19)20-7-4-8-21(24-20)25-13-1-2-14-25;2-1-3/h3-12,15,23H,1-2,13-14H2;1H,(H2,2,3). The summed E-state index contributed by atoms with van der Waals surface area (Å²) in [5.41, 5.74) is 8.33. The summed E-state index contributed by atoms with van der Waals surface area (Å²) in [6.07, 6.45) is 2.76. The van der Waals surface area contributed by atoms with E-state index in [1.165, 1.54) is 12.8 Å². The molecule has 4 rings (SSSR count). The zero-order valence-corrected chi connectivity index (χ0v) is 16.3. The topological polar surface area (TPSA) is 71.2 Å². The number of aromatic nitrogens is 1. The third kappa shape index (κ3) is 5.24. The number of nitrogens with two attached hydrogens (primary N) is 1. The second kappa shape index (κ2) is 9.76. The van der Waals surface area contributed by atoms with Gasteiger partial charge < -0.3 is 16.0 Å². The van der Waals surface area contributed by atoms with Crippen LogP contribution in [0.3, 0.4) is 0 Å². The average molecular weight is 395 g/mol. The van der Waals surface area contributed by atoms with E-state index in [9.17, 15) is 0 Å². The van der Waals surface area contributed by atoms with Gasteiger partial charge in [0.1, 0.15) is 5.82 Å². The maximum atomic E-state index is 8.58. The van der Waals surface area contributed by atoms with Gasteiger partial charge >= 0.3 is 0 Å². The number of nitrogens with zero attached hydrogens (tertiary/aromatic N) is 2. The number of halogens is 1. The maximum Gasteiger partial charge on any atom is 0.204 e. The molecule has 0 spiro atoms. The normalized spacial score (nSPS) is 12.8. The molecule has 5 nitrogen and oxygen atoms in total. The number of carbonyl (C=O) groups excluding carboxylic acids is 1. The Labute approximate surface area is 170 Å². The van der Waals surface area contributed by atoms with Crippen LogP contribution in [0.25, 0.3) is 11.3 Å². The monoisotopic (exact) mass is 394 g/mol. The summed E-state index contributed by atoms with van der Waals surface area (Å²) >= 11 is 5.95. The minimum absolute atomic E-state index is 0.250. The smallest absolute Gasteiger partial charge is 0.204 e. The van der Waals surface area contributed by atoms with Gasteiger partial charge in [-0.1, -0.05) is 29.8 Å². The average Bonchev–Trinajstić information content (AvgIpc) is 3.26. The number of anilines is 3. The van der Waals surface area contributed by atoms with Gasteiger partial charge in [-0.15, -0.1) is 0 Å². The second-order valence-electron chi connectivity index (χ2n) is 6.42. The first-order valence-electron chi connectivity index (χ1n) is 9.20. The Balaban J connectivity index is 0.000000706. The summed E-state index contributed by atoms with van der Waals surface area (Å²) in [7, 11) is 0. The maximum absolute atomic E-state index is 8.58. The molecule has 3 N–H and O–H groups in total. The van der Waals surface area contributed by atoms with Gasteiger partial charge in [-0.05, 0) is 61.4 Å². The third-order valence-corrected chi connectivity index (χ3v) is 4.71. The Morgan fingerprint density at radius 3 is 2.36 bits per heavy atom. The summed E-state index contributed by atoms with van der Waals surface area (Å²) in [4.78, 5) is 15.8. The summed E-state index contributed by atoms with van der Waals surface area (Å²) in [6.45, 7) is 2.21. The van der Waals surface area contributed by atoms with Gasteiger partial charge in [0.25, 0.3) is 0 Å². The second-order valence-corrected chi connectivity index (χ2v) is 6.86. The van der Waals surface area contributed by atoms with Crippen molar-refractivity contribution in [3.8, 4) is 11.3 Å². The molecule has 0 aliphatic carbocycles. The van der Waals surface area contributed by atoms with Crippen LogP contribution in [-0.4, -0.2) is 24.5 Å². The minimum atomic E-state index is 0.250. The van der Waals surface area contributed by atoms with Gasteiger partial charge in [-0.2, -0.15) is 0 Å². The first kappa shape index (κ1) is 19.7. The van der Waals surface area contributed by atoms with Crippen LogP contribution >= 0.6 is 11.6 Å². The molecule has 1 amide bonds. The van der Waals surface area contributed by atoms with E-state index in [0.717, 1.165) is 46.6 Å². The molecule has 28 heavy (non-hydrogen) atoms. The summed E-state index contributed by atoms with van der Waals surface area (Å²) in [6, 6.07) is 22.3. The molecule has 6 heteroatoms. The number of primary amides is 1. The van der Waals surface area contributed by atoms with Crippen molar-refractivity contribution in [1.29, 1.82) is 0 Å². The Morgan fingerprint density at radius 2 is 1.64 bits per heavy atom. The Bertz CT molecular complexity index is 908. The number of nitrogens with one attached hydrogen (secondary N) is 1. The predicted molar refractivity (Wildman–Crippen MR) is 116 cm³/mol. The lowest BCUT2D eigenvalue weighted by molar-refractivity contribution is -0.106. The highest BCUT2D eigenvalue weighted by atomic mass is 35.5. The van der Waals surface area contributed by atoms with Crippen LogP contribution in [0.2, 0.25) is 5.02 Å². The fourth-order valence-electron chi connectivity index (χ4n) is 3.16. The molecule has 2 aromatic carbocycles. The summed E-state index contributed by atoms with van der Waals surface area (Å²) in [5.74, 6) is 1.08. The van der Waals surface area contributed by atoms with E-state index in [1.54, 1.807) is 0 Å². The Hall–Kier alpha value is -3.05. The van der Waals surface area contributed by atoms with Crippen LogP contribution in [0, 0.1) is 0 Å². The highest BCUT2D eigenvalue weighted by Gasteiger charge is 2.14. The number of rotatable bonds is 4. The molecule has 0 saturated carbocycles. The van der Waals surface area contributed by atoms with Crippen molar-refractivity contribution in [2.75, 3.05) is 23.3 Å². The van der Waals surface area contributed by atoms with Gasteiger partial charge in [0.15, 0.2) is 0 Å². The first-order chi connectivity index (χ1) is 13.7. The van der Waals surface area contributed by atoms with E-state index in [1.807, 2.05) is 24.3 Å². The molecular weight excluding hydrogens is 372 g/mol. The molecule has 0 bridgehead atoms. The van der Waals surface area contributed by atoms with Gasteiger partial charge in [0, 0.05) is 35.1 Å². The number of benzene rings is 2. The molecule has 3 aromatic rings. The van der Waals surface area contributed by atoms with Crippen molar-refractivity contribution in [2.45, 2.75) is 12.8 Å². The van der Waals surface area contributed by atoms with Gasteiger partial charge in [-0.3, -0.25) is 4.79 Å². The molecular formula is C22H23ClN4O. The van der Waals surface area contributed by atoms with Gasteiger partial charge in [0.2, 0.25) is 6.41 Å². The highest BCUT2D eigenvalue weighted by molar-refractivity contribution is 6.30. The van der Waals surface area contributed by atoms with Crippen LogP contribution in [0.15, 0.2) is 66.7 Å². The van der Waals surface area contributed by atoms with E-state index < -0.39 is 0 Å². The molecule has 0 radical (unpaired) electrons. The van der Waals surface area contributed by atoms with Crippen LogP contribution in [0.1, 0.15) is 12.8 Å². The molecule has 1 saturated heterocycles. The van der Waals surface area contributed by atoms with Crippen LogP contribution in [0.4, 0.5) is 17.2 Å². The van der Waals surface area contributed by atoms with Crippen molar-refractivity contribution in [1.82, 2.24) is 4.98 Å². The summed E-state index contributed by atoms with van der Waals surface area (Å²) in [5, 5.41) is 4.15. The van der Waals surface area contributed by atoms with Crippen molar-refractivity contribution < 1.29 is 4.79 Å². The van der Waals surface area contributed by atoms with Crippen molar-refractivity contribution >= 4 is 35.2 Å². The number of carbonyl (C=O) groups is 1. The van der Waals surface area contributed by atoms with Crippen molar-refractivity contribution in [3.05, 3.63) is 71.8 Å². The largest absolute Gasteiger partial charge is 0.372 e. The number of pyridine rings is 1. The van der Waals surface area contributed by atoms with E-state index >= 15 is 0 Å². The molecule has 0 atom stereocenters. The lowest BCUT2D eigenvalue weighted by atomic mass is 10.1. The first-order valence-corrected chi connectivity index (χ1v) is 9.58. The van der Waals surface area contributed by atoms with Crippen LogP contribution in [0.5, 0.6) is 0 Å². The minimum Gasteiger partial charge on any atom is -0.372 e. The van der Waals surface area contributed by atoms with Crippen LogP contribution < -0.4 is 16.0 Å². The Morgan fingerprint density at radius 1 is 0.964 bits per heavy atom. The van der Waals surface area contributed by atoms with Gasteiger partial charge in [-0.25, -0.2) is 4.98 Å². The van der Waals surface area contributed by atoms with E-state index in [-0.39, 0.29) is 6.41 Å². The van der Waals surface area contributed by atoms with E-state index in [0.29, 0.717) is 0 Å². The predicted octanol–water partition coefficient (Wildman–Crippen LogP) is 4.85. The van der Waals surface area contributed by atoms with E-state index in [2.05, 4.69) is 58.4 Å². The SMILES string of the molecule is Clc1ccc(Nc2cccc(-c3cccc(N4CCCC4)n3)c2)cc1.NC=O. The van der Waals surface area contributed by atoms with E-state index in [4.69, 9.17) is 21.4 Å². The summed E-state index contributed by atoms with van der Waals surface area (Å²) < 4.78 is 0.